The highest BCUT2D eigenvalue weighted by atomic mass is 35.5. The summed E-state index contributed by atoms with van der Waals surface area (Å²) in [5.41, 5.74) is 7.19. The first-order valence-corrected chi connectivity index (χ1v) is 7.34. The van der Waals surface area contributed by atoms with E-state index in [9.17, 15) is 0 Å². The van der Waals surface area contributed by atoms with Crippen molar-refractivity contribution in [2.75, 3.05) is 6.54 Å². The van der Waals surface area contributed by atoms with Crippen LogP contribution in [0.1, 0.15) is 38.1 Å². The maximum Gasteiger partial charge on any atom is 0.0982 e. The fourth-order valence-corrected chi connectivity index (χ4v) is 3.46. The number of fused-ring (bicyclic) bond motifs is 1. The van der Waals surface area contributed by atoms with E-state index in [1.165, 1.54) is 0 Å². The maximum atomic E-state index is 6.00. The van der Waals surface area contributed by atoms with Crippen LogP contribution >= 0.6 is 22.9 Å². The van der Waals surface area contributed by atoms with E-state index >= 15 is 0 Å². The van der Waals surface area contributed by atoms with Gasteiger partial charge in [0.1, 0.15) is 0 Å². The van der Waals surface area contributed by atoms with E-state index in [0.29, 0.717) is 12.5 Å². The summed E-state index contributed by atoms with van der Waals surface area (Å²) in [6.07, 6.45) is 1.05. The summed E-state index contributed by atoms with van der Waals surface area (Å²) >= 11 is 7.71. The molecule has 4 heteroatoms. The van der Waals surface area contributed by atoms with Crippen molar-refractivity contribution in [3.63, 3.8) is 0 Å². The molecule has 0 aliphatic rings. The van der Waals surface area contributed by atoms with Crippen molar-refractivity contribution in [1.82, 2.24) is 4.98 Å². The van der Waals surface area contributed by atoms with E-state index in [1.54, 1.807) is 11.3 Å². The topological polar surface area (TPSA) is 38.9 Å². The lowest BCUT2D eigenvalue weighted by molar-refractivity contribution is 0.341. The van der Waals surface area contributed by atoms with Crippen LogP contribution in [0.4, 0.5) is 0 Å². The minimum Gasteiger partial charge on any atom is -0.330 e. The third kappa shape index (κ3) is 3.22. The van der Waals surface area contributed by atoms with Crippen LogP contribution in [0.25, 0.3) is 10.2 Å². The maximum absolute atomic E-state index is 6.00. The fourth-order valence-electron chi connectivity index (χ4n) is 2.10. The first kappa shape index (κ1) is 13.8. The SMILES string of the molecule is CC(C)(C)CC(CN)c1nc2ccc(Cl)cc2s1. The van der Waals surface area contributed by atoms with E-state index in [4.69, 9.17) is 17.3 Å². The molecule has 2 aromatic rings. The number of hydrogen-bond acceptors (Lipinski definition) is 3. The Kier molecular flexibility index (Phi) is 3.95. The van der Waals surface area contributed by atoms with Crippen molar-refractivity contribution >= 4 is 33.2 Å². The largest absolute Gasteiger partial charge is 0.330 e. The number of thiazole rings is 1. The van der Waals surface area contributed by atoms with Gasteiger partial charge in [-0.25, -0.2) is 4.98 Å². The summed E-state index contributed by atoms with van der Waals surface area (Å²) in [6.45, 7) is 7.35. The number of nitrogens with two attached hydrogens (primary N) is 1. The van der Waals surface area contributed by atoms with Crippen molar-refractivity contribution in [3.8, 4) is 0 Å². The monoisotopic (exact) mass is 282 g/mol. The van der Waals surface area contributed by atoms with E-state index in [0.717, 1.165) is 26.7 Å². The van der Waals surface area contributed by atoms with Crippen LogP contribution in [-0.4, -0.2) is 11.5 Å². The van der Waals surface area contributed by atoms with Gasteiger partial charge in [-0.05, 0) is 30.0 Å². The highest BCUT2D eigenvalue weighted by molar-refractivity contribution is 7.18. The van der Waals surface area contributed by atoms with Crippen LogP contribution in [-0.2, 0) is 0 Å². The first-order chi connectivity index (χ1) is 8.39. The van der Waals surface area contributed by atoms with E-state index in [2.05, 4.69) is 25.8 Å². The predicted molar refractivity (Wildman–Crippen MR) is 80.5 cm³/mol. The highest BCUT2D eigenvalue weighted by Crippen LogP contribution is 2.35. The normalized spacial score (nSPS) is 14.1. The van der Waals surface area contributed by atoms with Gasteiger partial charge in [0.25, 0.3) is 0 Å². The lowest BCUT2D eigenvalue weighted by atomic mass is 9.85. The molecule has 2 rings (SSSR count). The van der Waals surface area contributed by atoms with Crippen molar-refractivity contribution in [2.45, 2.75) is 33.1 Å². The van der Waals surface area contributed by atoms with Gasteiger partial charge in [-0.3, -0.25) is 0 Å². The number of hydrogen-bond donors (Lipinski definition) is 1. The van der Waals surface area contributed by atoms with Crippen LogP contribution in [0.5, 0.6) is 0 Å². The Morgan fingerprint density at radius 3 is 2.72 bits per heavy atom. The van der Waals surface area contributed by atoms with E-state index < -0.39 is 0 Å². The second-order valence-electron chi connectivity index (χ2n) is 5.86. The van der Waals surface area contributed by atoms with Crippen LogP contribution in [0, 0.1) is 5.41 Å². The Balaban J connectivity index is 2.34. The van der Waals surface area contributed by atoms with Gasteiger partial charge in [-0.2, -0.15) is 0 Å². The molecule has 0 saturated carbocycles. The Morgan fingerprint density at radius 2 is 2.11 bits per heavy atom. The molecule has 0 aliphatic carbocycles. The molecule has 98 valence electrons. The average Bonchev–Trinajstić information content (AvgIpc) is 2.67. The van der Waals surface area contributed by atoms with Gasteiger partial charge in [0.05, 0.1) is 15.2 Å². The lowest BCUT2D eigenvalue weighted by Gasteiger charge is -2.23. The molecule has 0 aliphatic heterocycles. The minimum absolute atomic E-state index is 0.263. The molecule has 0 fully saturated rings. The standard InChI is InChI=1S/C14H19ClN2S/c1-14(2,3)7-9(8-16)13-17-11-5-4-10(15)6-12(11)18-13/h4-6,9H,7-8,16H2,1-3H3. The summed E-state index contributed by atoms with van der Waals surface area (Å²) in [5.74, 6) is 0.334. The predicted octanol–water partition coefficient (Wildman–Crippen LogP) is 4.43. The lowest BCUT2D eigenvalue weighted by Crippen LogP contribution is -2.19. The summed E-state index contributed by atoms with van der Waals surface area (Å²) < 4.78 is 1.14. The fraction of sp³-hybridized carbons (Fsp3) is 0.500. The average molecular weight is 283 g/mol. The summed E-state index contributed by atoms with van der Waals surface area (Å²) in [7, 11) is 0. The van der Waals surface area contributed by atoms with Gasteiger partial charge >= 0.3 is 0 Å². The molecule has 0 saturated heterocycles. The number of benzene rings is 1. The minimum atomic E-state index is 0.263. The molecule has 0 bridgehead atoms. The Labute approximate surface area is 117 Å². The molecular formula is C14H19ClN2S. The van der Waals surface area contributed by atoms with Crippen LogP contribution < -0.4 is 5.73 Å². The first-order valence-electron chi connectivity index (χ1n) is 6.15. The zero-order valence-corrected chi connectivity index (χ0v) is 12.6. The summed E-state index contributed by atoms with van der Waals surface area (Å²) in [5, 5.41) is 1.89. The molecule has 1 unspecified atom stereocenters. The molecule has 0 spiro atoms. The van der Waals surface area contributed by atoms with Gasteiger partial charge in [0.2, 0.25) is 0 Å². The highest BCUT2D eigenvalue weighted by Gasteiger charge is 2.22. The Bertz CT molecular complexity index is 542. The number of rotatable bonds is 3. The molecule has 0 amide bonds. The number of halogens is 1. The molecule has 18 heavy (non-hydrogen) atoms. The summed E-state index contributed by atoms with van der Waals surface area (Å²) in [6, 6.07) is 5.83. The zero-order valence-electron chi connectivity index (χ0n) is 11.0. The van der Waals surface area contributed by atoms with Crippen molar-refractivity contribution in [3.05, 3.63) is 28.2 Å². The van der Waals surface area contributed by atoms with Gasteiger partial charge in [-0.1, -0.05) is 32.4 Å². The van der Waals surface area contributed by atoms with E-state index in [-0.39, 0.29) is 5.41 Å². The molecule has 1 atom stereocenters. The van der Waals surface area contributed by atoms with E-state index in [1.807, 2.05) is 18.2 Å². The molecule has 0 radical (unpaired) electrons. The van der Waals surface area contributed by atoms with Crippen LogP contribution in [0.15, 0.2) is 18.2 Å². The second-order valence-corrected chi connectivity index (χ2v) is 7.36. The molecule has 2 N–H and O–H groups in total. The van der Waals surface area contributed by atoms with Crippen LogP contribution in [0.3, 0.4) is 0 Å². The molecule has 1 heterocycles. The third-order valence-electron chi connectivity index (χ3n) is 2.86. The molecule has 1 aromatic heterocycles. The van der Waals surface area contributed by atoms with Gasteiger partial charge in [-0.15, -0.1) is 11.3 Å². The zero-order chi connectivity index (χ0) is 13.3. The second kappa shape index (κ2) is 5.16. The Morgan fingerprint density at radius 1 is 1.39 bits per heavy atom. The van der Waals surface area contributed by atoms with Crippen molar-refractivity contribution in [1.29, 1.82) is 0 Å². The number of nitrogens with zero attached hydrogens (tertiary/aromatic N) is 1. The molecular weight excluding hydrogens is 264 g/mol. The van der Waals surface area contributed by atoms with Gasteiger partial charge < -0.3 is 5.73 Å². The molecule has 2 nitrogen and oxygen atoms in total. The molecule has 1 aromatic carbocycles. The van der Waals surface area contributed by atoms with Crippen molar-refractivity contribution < 1.29 is 0 Å². The smallest absolute Gasteiger partial charge is 0.0982 e. The number of aromatic nitrogens is 1. The van der Waals surface area contributed by atoms with Gasteiger partial charge in [0, 0.05) is 17.5 Å². The van der Waals surface area contributed by atoms with Crippen molar-refractivity contribution in [2.24, 2.45) is 11.1 Å². The quantitative estimate of drug-likeness (QED) is 0.904. The van der Waals surface area contributed by atoms with Crippen LogP contribution in [0.2, 0.25) is 5.02 Å². The Hall–Kier alpha value is -0.640. The van der Waals surface area contributed by atoms with Gasteiger partial charge in [0.15, 0.2) is 0 Å². The summed E-state index contributed by atoms with van der Waals surface area (Å²) in [4.78, 5) is 4.69. The third-order valence-corrected chi connectivity index (χ3v) is 4.28.